The number of nitrogens with zero attached hydrogens (tertiary/aromatic N) is 9. The molecule has 6 aromatic rings. The van der Waals surface area contributed by atoms with Gasteiger partial charge in [0.1, 0.15) is 86.6 Å². The van der Waals surface area contributed by atoms with Crippen molar-refractivity contribution < 1.29 is 98.1 Å². The maximum Gasteiger partial charge on any atom is 0.351 e. The van der Waals surface area contributed by atoms with Gasteiger partial charge in [0.25, 0.3) is 16.7 Å². The van der Waals surface area contributed by atoms with Crippen LogP contribution in [0.15, 0.2) is 81.3 Å². The number of nitrogens with one attached hydrogen (secondary N) is 3. The van der Waals surface area contributed by atoms with Crippen molar-refractivity contribution in [1.29, 1.82) is 0 Å². The minimum atomic E-state index is -4.90. The number of fused-ring (bicyclic) bond motifs is 1. The van der Waals surface area contributed by atoms with Crippen LogP contribution >= 0.6 is 42.9 Å². The van der Waals surface area contributed by atoms with Crippen LogP contribution in [-0.4, -0.2) is 204 Å². The second-order valence-corrected chi connectivity index (χ2v) is 37.6. The summed E-state index contributed by atoms with van der Waals surface area (Å²) in [4.78, 5) is 142. The third-order valence-corrected chi connectivity index (χ3v) is 25.5. The van der Waals surface area contributed by atoms with E-state index in [0.29, 0.717) is 19.6 Å². The number of halogens is 1. The van der Waals surface area contributed by atoms with Crippen LogP contribution in [0.25, 0.3) is 11.2 Å². The first kappa shape index (κ1) is 85.9. The number of ether oxygens (including phenoxy) is 8. The molecule has 20 atom stereocenters. The van der Waals surface area contributed by atoms with Crippen molar-refractivity contribution >= 4 is 119 Å². The van der Waals surface area contributed by atoms with Gasteiger partial charge in [0.2, 0.25) is 5.95 Å². The number of aliphatic hydroxyl groups is 1. The molecule has 0 bridgehead atoms. The second kappa shape index (κ2) is 36.9. The van der Waals surface area contributed by atoms with Crippen LogP contribution in [0, 0.1) is 18.8 Å². The maximum atomic E-state index is 14.9. The zero-order valence-electron chi connectivity index (χ0n) is 58.6. The van der Waals surface area contributed by atoms with Crippen molar-refractivity contribution in [2.45, 2.75) is 139 Å². The zero-order chi connectivity index (χ0) is 79.3. The lowest BCUT2D eigenvalue weighted by Crippen LogP contribution is -2.40. The minimum Gasteiger partial charge on any atom is -0.780 e. The van der Waals surface area contributed by atoms with Gasteiger partial charge < -0.3 is 129 Å². The first-order chi connectivity index (χ1) is 52.1. The molecule has 44 nitrogen and oxygen atoms in total. The van der Waals surface area contributed by atoms with Gasteiger partial charge in [-0.1, -0.05) is 37.5 Å². The molecule has 5 aliphatic heterocycles. The largest absolute Gasteiger partial charge is 0.780 e. The van der Waals surface area contributed by atoms with Gasteiger partial charge in [-0.25, -0.2) is 24.2 Å². The Kier molecular flexibility index (Phi) is 28.8. The normalized spacial score (nSPS) is 28.6. The summed E-state index contributed by atoms with van der Waals surface area (Å²) in [5, 5.41) is 10.4. The van der Waals surface area contributed by atoms with E-state index in [2.05, 4.69) is 50.8 Å². The van der Waals surface area contributed by atoms with E-state index in [1.54, 1.807) is 0 Å². The molecule has 12 N–H and O–H groups in total. The number of methoxy groups -OCH3 is 1. The Balaban J connectivity index is 0.821. The molecule has 5 fully saturated rings. The lowest BCUT2D eigenvalue weighted by atomic mass is 9.89. The van der Waals surface area contributed by atoms with Gasteiger partial charge in [0.15, 0.2) is 24.2 Å². The van der Waals surface area contributed by atoms with E-state index >= 15 is 0 Å². The highest BCUT2D eigenvalue weighted by Crippen LogP contribution is 2.57. The quantitative estimate of drug-likeness (QED) is 0.0126. The first-order valence-corrected chi connectivity index (χ1v) is 44.7. The number of rotatable bonds is 37. The predicted octanol–water partition coefficient (Wildman–Crippen LogP) is -1.46. The second-order valence-electron chi connectivity index (χ2n) is 25.6. The van der Waals surface area contributed by atoms with E-state index in [4.69, 9.17) is 149 Å². The van der Waals surface area contributed by atoms with Gasteiger partial charge in [0, 0.05) is 63.3 Å². The maximum absolute atomic E-state index is 14.9. The molecule has 5 saturated heterocycles. The van der Waals surface area contributed by atoms with Gasteiger partial charge in [-0.15, -0.1) is 0 Å². The molecule has 608 valence electrons. The number of anilines is 3. The van der Waals surface area contributed by atoms with Crippen LogP contribution in [0.1, 0.15) is 76.2 Å². The van der Waals surface area contributed by atoms with Crippen LogP contribution in [0.3, 0.4) is 0 Å². The van der Waals surface area contributed by atoms with E-state index in [1.165, 1.54) is 60.2 Å². The topological polar surface area (TPSA) is 587 Å². The molecule has 6 aromatic heterocycles. The molecule has 9 unspecified atom stereocenters. The van der Waals surface area contributed by atoms with Crippen LogP contribution in [0.2, 0.25) is 0 Å². The van der Waals surface area contributed by atoms with E-state index < -0.39 is 185 Å². The summed E-state index contributed by atoms with van der Waals surface area (Å²) in [6.07, 6.45) is -13.7. The van der Waals surface area contributed by atoms with E-state index in [9.17, 15) is 53.0 Å². The molecule has 110 heavy (non-hydrogen) atoms. The Labute approximate surface area is 650 Å². The summed E-state index contributed by atoms with van der Waals surface area (Å²) in [6, 6.07) is 2.74. The number of nitrogen functional groups attached to an aromatic ring is 3. The molecule has 11 heterocycles. The van der Waals surface area contributed by atoms with Gasteiger partial charge in [-0.3, -0.25) is 56.7 Å². The fourth-order valence-electron chi connectivity index (χ4n) is 12.6. The summed E-state index contributed by atoms with van der Waals surface area (Å²) >= 11 is 25.6. The number of imidazole rings is 1. The third-order valence-electron chi connectivity index (χ3n) is 17.9. The van der Waals surface area contributed by atoms with E-state index in [1.807, 2.05) is 13.8 Å². The average Bonchev–Trinajstić information content (AvgIpc) is 1.63. The van der Waals surface area contributed by atoms with Crippen molar-refractivity contribution in [2.75, 3.05) is 96.9 Å². The molecule has 11 rings (SSSR count). The fraction of sp³-hybridized carbons (Fsp3) is 0.632. The lowest BCUT2D eigenvalue weighted by molar-refractivity contribution is -0.218. The number of aromatic nitrogens is 12. The standard InChI is InChI=1S/C57H81BrN16O28P4S4/c1-27(2)29-15-41(70-8-5-39(60)64-54(70)79)94-35(29)22-93-106(110,89-14-13-88-12-11-87-10-7-59)101-33-18-43(72-19-28(3)49(76)68-56(72)81)96-38(33)25-91-104(84,108)100-32-17-44(74-26-63-45-48(74)66-53(62)67-51(45)78)97-37(32)23-90-103(83,107)99-31-16-42(71-9-6-40(61)65-55(71)80)95-36(31)24-92-105(85,109)102-46-34(21-75)98-52(47(46)86-4)73-20-30(58)50(77)69-57(73)82/h5-6,8-9,19-20,26-27,29,31-38,41-44,46-47,52,75H,7,10-18,21-25,59H2,1-4H3,(H,83,107)(H,84,108)(H,85,109)(H2,60,64,79)(H2,61,65,80)(H,68,76,81)(H,69,77,82)(H3,62,66,67,78)/p-3/t29?,31?,32?,33?,34-,35-,36-,37-,38-,41-,42-,43-,44-,46?,47+,52-,103?,104?,105?,106?/m1/s1. The highest BCUT2D eigenvalue weighted by atomic mass is 79.9. The highest BCUT2D eigenvalue weighted by Gasteiger charge is 2.50. The van der Waals surface area contributed by atoms with E-state index in [-0.39, 0.29) is 103 Å². The number of hydrogen-bond acceptors (Lipinski definition) is 40. The third kappa shape index (κ3) is 21.2. The summed E-state index contributed by atoms with van der Waals surface area (Å²) < 4.78 is 123. The van der Waals surface area contributed by atoms with Crippen molar-refractivity contribution in [1.82, 2.24) is 57.7 Å². The van der Waals surface area contributed by atoms with Gasteiger partial charge in [0.05, 0.1) is 101 Å². The molecule has 0 saturated carbocycles. The molecule has 5 aliphatic rings. The fourth-order valence-corrected chi connectivity index (χ4v) is 19.4. The lowest BCUT2D eigenvalue weighted by Gasteiger charge is -2.35. The Bertz CT molecular complexity index is 4910. The number of aliphatic hydroxyl groups excluding tert-OH is 1. The number of aryl methyl sites for hydroxylation is 1. The zero-order valence-corrected chi connectivity index (χ0v) is 67.0. The van der Waals surface area contributed by atoms with Crippen LogP contribution in [-0.2, 0) is 131 Å². The van der Waals surface area contributed by atoms with Crippen molar-refractivity contribution in [3.63, 3.8) is 0 Å². The van der Waals surface area contributed by atoms with Crippen LogP contribution < -0.4 is 72.2 Å². The molecule has 0 aromatic carbocycles. The Hall–Kier alpha value is -4.96. The predicted molar refractivity (Wildman–Crippen MR) is 395 cm³/mol. The summed E-state index contributed by atoms with van der Waals surface area (Å²) in [5.74, 6) is -0.683. The van der Waals surface area contributed by atoms with Gasteiger partial charge >= 0.3 is 29.5 Å². The smallest absolute Gasteiger partial charge is 0.351 e. The van der Waals surface area contributed by atoms with Crippen LogP contribution in [0.4, 0.5) is 17.6 Å². The number of hydrogen-bond donors (Lipinski definition) is 8. The Morgan fingerprint density at radius 1 is 0.627 bits per heavy atom. The number of aromatic amines is 3. The molecule has 0 aliphatic carbocycles. The number of nitrogens with two attached hydrogens (primary N) is 4. The summed E-state index contributed by atoms with van der Waals surface area (Å²) in [7, 11) is 1.19. The van der Waals surface area contributed by atoms with Crippen molar-refractivity contribution in [2.24, 2.45) is 17.6 Å². The van der Waals surface area contributed by atoms with E-state index in [0.717, 1.165) is 19.9 Å². The van der Waals surface area contributed by atoms with Gasteiger partial charge in [-0.05, 0) is 65.0 Å². The molecule has 0 radical (unpaired) electrons. The molecular weight excluding hydrogens is 1690 g/mol. The van der Waals surface area contributed by atoms with Crippen molar-refractivity contribution in [3.8, 4) is 0 Å². The Morgan fingerprint density at radius 3 is 1.75 bits per heavy atom. The Morgan fingerprint density at radius 2 is 1.15 bits per heavy atom. The summed E-state index contributed by atoms with van der Waals surface area (Å²) in [5.41, 5.74) is 17.4. The first-order valence-electron chi connectivity index (χ1n) is 33.6. The SMILES string of the molecule is CO[C@H]1C(OP([O-])(=S)OC[C@H]2O[C@@H](n3ccc(N)nc3=O)CC2OP(=O)([S-])OC[C@H]2O[C@@H](n3cnc4c(=O)[nH]c(N)nc43)CC2OP([O-])(=S)OC[C@H]2O[C@@H](n3cc(C)c(=O)[nH]c3=O)CC2OP(=S)(OCCOCCOCCN)OC[C@H]2O[C@@H](n3ccc(N)nc3=O)CC2C(C)C)[C@@H](CO)O[C@H]1n1cc(Br)c(=O)[nH]c1=O. The average molecular weight is 1770 g/mol. The molecular formula is C57H78BrN16O28P4S4-3. The van der Waals surface area contributed by atoms with Crippen molar-refractivity contribution in [3.05, 3.63) is 126 Å². The molecule has 53 heteroatoms. The molecule has 0 spiro atoms. The summed E-state index contributed by atoms with van der Waals surface area (Å²) in [6.45, 7) is -15.9. The minimum absolute atomic E-state index is 0.0179. The number of H-pyrrole nitrogens is 3. The molecule has 0 amide bonds. The van der Waals surface area contributed by atoms with Crippen LogP contribution in [0.5, 0.6) is 0 Å². The van der Waals surface area contributed by atoms with Gasteiger partial charge in [-0.2, -0.15) is 15.0 Å². The monoisotopic (exact) mass is 1770 g/mol. The highest BCUT2D eigenvalue weighted by molar-refractivity contribution is 9.10.